The van der Waals surface area contributed by atoms with E-state index in [0.717, 1.165) is 19.3 Å². The van der Waals surface area contributed by atoms with Gasteiger partial charge in [-0.05, 0) is 30.6 Å². The first-order valence-electron chi connectivity index (χ1n) is 5.24. The van der Waals surface area contributed by atoms with E-state index in [9.17, 15) is 5.11 Å². The van der Waals surface area contributed by atoms with Crippen LogP contribution in [-0.4, -0.2) is 22.9 Å². The highest BCUT2D eigenvalue weighted by Crippen LogP contribution is 2.39. The molecule has 1 fully saturated rings. The largest absolute Gasteiger partial charge is 0.396 e. The minimum Gasteiger partial charge on any atom is -0.396 e. The predicted octanol–water partition coefficient (Wildman–Crippen LogP) is 1.80. The molecule has 2 N–H and O–H groups in total. The quantitative estimate of drug-likeness (QED) is 0.655. The van der Waals surface area contributed by atoms with Gasteiger partial charge in [0.1, 0.15) is 0 Å². The molecule has 1 rings (SSSR count). The molecule has 0 bridgehead atoms. The molecule has 0 aromatic heterocycles. The summed E-state index contributed by atoms with van der Waals surface area (Å²) in [5.74, 6) is 0.726. The van der Waals surface area contributed by atoms with Crippen molar-refractivity contribution in [2.75, 3.05) is 6.61 Å². The third-order valence-corrected chi connectivity index (χ3v) is 3.42. The molecule has 0 heterocycles. The van der Waals surface area contributed by atoms with Crippen molar-refractivity contribution in [3.63, 3.8) is 0 Å². The van der Waals surface area contributed by atoms with E-state index in [1.807, 2.05) is 0 Å². The van der Waals surface area contributed by atoms with Gasteiger partial charge in [-0.2, -0.15) is 0 Å². The molecule has 0 radical (unpaired) electrons. The van der Waals surface area contributed by atoms with Gasteiger partial charge in [-0.1, -0.05) is 20.8 Å². The maximum Gasteiger partial charge on any atom is 0.0593 e. The average Bonchev–Trinajstić information content (AvgIpc) is 2.02. The fraction of sp³-hybridized carbons (Fsp3) is 1.00. The van der Waals surface area contributed by atoms with Gasteiger partial charge in [0, 0.05) is 12.5 Å². The van der Waals surface area contributed by atoms with Crippen molar-refractivity contribution in [3.8, 4) is 0 Å². The molecule has 78 valence electrons. The molecule has 0 spiro atoms. The number of hydrogen-bond acceptors (Lipinski definition) is 2. The molecule has 0 saturated heterocycles. The van der Waals surface area contributed by atoms with Crippen molar-refractivity contribution in [2.45, 2.75) is 46.1 Å². The summed E-state index contributed by atoms with van der Waals surface area (Å²) in [4.78, 5) is 0. The van der Waals surface area contributed by atoms with Crippen LogP contribution in [0, 0.1) is 17.3 Å². The van der Waals surface area contributed by atoms with Gasteiger partial charge in [0.25, 0.3) is 0 Å². The highest BCUT2D eigenvalue weighted by Gasteiger charge is 2.34. The zero-order valence-corrected chi connectivity index (χ0v) is 8.95. The lowest BCUT2D eigenvalue weighted by molar-refractivity contribution is -0.00850. The molecule has 0 aliphatic heterocycles. The van der Waals surface area contributed by atoms with Crippen LogP contribution in [0.15, 0.2) is 0 Å². The van der Waals surface area contributed by atoms with Crippen LogP contribution in [0.2, 0.25) is 0 Å². The van der Waals surface area contributed by atoms with E-state index in [-0.39, 0.29) is 18.6 Å². The van der Waals surface area contributed by atoms with Gasteiger partial charge in [0.05, 0.1) is 6.10 Å². The molecule has 1 aliphatic rings. The van der Waals surface area contributed by atoms with Crippen molar-refractivity contribution in [1.29, 1.82) is 0 Å². The summed E-state index contributed by atoms with van der Waals surface area (Å²) in [5, 5.41) is 18.7. The van der Waals surface area contributed by atoms with Crippen molar-refractivity contribution < 1.29 is 10.2 Å². The van der Waals surface area contributed by atoms with E-state index < -0.39 is 0 Å². The molecule has 2 heteroatoms. The molecule has 13 heavy (non-hydrogen) atoms. The second-order valence-corrected chi connectivity index (χ2v) is 5.39. The number of aliphatic hydroxyl groups excluding tert-OH is 2. The predicted molar refractivity (Wildman–Crippen MR) is 53.4 cm³/mol. The van der Waals surface area contributed by atoms with Crippen LogP contribution in [0.1, 0.15) is 40.0 Å². The Kier molecular flexibility index (Phi) is 3.36. The molecular weight excluding hydrogens is 164 g/mol. The van der Waals surface area contributed by atoms with Gasteiger partial charge in [-0.15, -0.1) is 0 Å². The van der Waals surface area contributed by atoms with E-state index in [1.165, 1.54) is 0 Å². The summed E-state index contributed by atoms with van der Waals surface area (Å²) in [6.07, 6.45) is 2.68. The molecule has 1 saturated carbocycles. The molecule has 3 atom stereocenters. The Bertz CT molecular complexity index is 160. The summed E-state index contributed by atoms with van der Waals surface area (Å²) in [7, 11) is 0. The molecule has 2 nitrogen and oxygen atoms in total. The monoisotopic (exact) mass is 186 g/mol. The Balaban J connectivity index is 2.51. The Morgan fingerprint density at radius 2 is 1.85 bits per heavy atom. The highest BCUT2D eigenvalue weighted by atomic mass is 16.3. The van der Waals surface area contributed by atoms with Gasteiger partial charge in [0.15, 0.2) is 0 Å². The maximum atomic E-state index is 9.74. The topological polar surface area (TPSA) is 40.5 Å². The SMILES string of the molecule is CC(C)(C)C1CCC(CO)C(O)C1. The zero-order valence-electron chi connectivity index (χ0n) is 8.95. The van der Waals surface area contributed by atoms with E-state index in [2.05, 4.69) is 20.8 Å². The summed E-state index contributed by atoms with van der Waals surface area (Å²) < 4.78 is 0. The standard InChI is InChI=1S/C11H22O2/c1-11(2,3)9-5-4-8(7-12)10(13)6-9/h8-10,12-13H,4-7H2,1-3H3. The van der Waals surface area contributed by atoms with Crippen LogP contribution in [0.3, 0.4) is 0 Å². The maximum absolute atomic E-state index is 9.74. The first-order chi connectivity index (χ1) is 5.95. The smallest absolute Gasteiger partial charge is 0.0593 e. The first kappa shape index (κ1) is 11.0. The molecular formula is C11H22O2. The van der Waals surface area contributed by atoms with Gasteiger partial charge >= 0.3 is 0 Å². The lowest BCUT2D eigenvalue weighted by Gasteiger charge is -2.39. The Hall–Kier alpha value is -0.0800. The van der Waals surface area contributed by atoms with Gasteiger partial charge in [-0.3, -0.25) is 0 Å². The minimum atomic E-state index is -0.289. The van der Waals surface area contributed by atoms with Crippen LogP contribution in [0.5, 0.6) is 0 Å². The Labute approximate surface area is 81.0 Å². The summed E-state index contributed by atoms with van der Waals surface area (Å²) in [6, 6.07) is 0. The lowest BCUT2D eigenvalue weighted by atomic mass is 9.69. The van der Waals surface area contributed by atoms with E-state index >= 15 is 0 Å². The Morgan fingerprint density at radius 1 is 1.23 bits per heavy atom. The van der Waals surface area contributed by atoms with Crippen LogP contribution in [-0.2, 0) is 0 Å². The van der Waals surface area contributed by atoms with E-state index in [0.29, 0.717) is 11.3 Å². The second kappa shape index (κ2) is 3.97. The van der Waals surface area contributed by atoms with Gasteiger partial charge in [-0.25, -0.2) is 0 Å². The molecule has 0 aromatic rings. The van der Waals surface area contributed by atoms with E-state index in [1.54, 1.807) is 0 Å². The lowest BCUT2D eigenvalue weighted by Crippen LogP contribution is -2.36. The summed E-state index contributed by atoms with van der Waals surface area (Å²) in [6.45, 7) is 6.81. The molecule has 0 aromatic carbocycles. The Morgan fingerprint density at radius 3 is 2.23 bits per heavy atom. The first-order valence-corrected chi connectivity index (χ1v) is 5.24. The van der Waals surface area contributed by atoms with Crippen molar-refractivity contribution >= 4 is 0 Å². The highest BCUT2D eigenvalue weighted by molar-refractivity contribution is 4.85. The van der Waals surface area contributed by atoms with Gasteiger partial charge in [0.2, 0.25) is 0 Å². The molecule has 3 unspecified atom stereocenters. The number of hydrogen-bond donors (Lipinski definition) is 2. The van der Waals surface area contributed by atoms with Crippen LogP contribution < -0.4 is 0 Å². The average molecular weight is 186 g/mol. The third kappa shape index (κ3) is 2.68. The zero-order chi connectivity index (χ0) is 10.1. The van der Waals surface area contributed by atoms with Crippen molar-refractivity contribution in [3.05, 3.63) is 0 Å². The fourth-order valence-electron chi connectivity index (χ4n) is 2.21. The minimum absolute atomic E-state index is 0.124. The third-order valence-electron chi connectivity index (χ3n) is 3.42. The summed E-state index contributed by atoms with van der Waals surface area (Å²) >= 11 is 0. The van der Waals surface area contributed by atoms with Crippen molar-refractivity contribution in [1.82, 2.24) is 0 Å². The van der Waals surface area contributed by atoms with E-state index in [4.69, 9.17) is 5.11 Å². The fourth-order valence-corrected chi connectivity index (χ4v) is 2.21. The summed E-state index contributed by atoms with van der Waals surface area (Å²) in [5.41, 5.74) is 0.293. The number of rotatable bonds is 1. The van der Waals surface area contributed by atoms with Crippen LogP contribution in [0.25, 0.3) is 0 Å². The molecule has 1 aliphatic carbocycles. The normalized spacial score (nSPS) is 36.2. The van der Waals surface area contributed by atoms with Crippen LogP contribution >= 0.6 is 0 Å². The molecule has 0 amide bonds. The van der Waals surface area contributed by atoms with Crippen molar-refractivity contribution in [2.24, 2.45) is 17.3 Å². The van der Waals surface area contributed by atoms with Gasteiger partial charge < -0.3 is 10.2 Å². The van der Waals surface area contributed by atoms with Crippen LogP contribution in [0.4, 0.5) is 0 Å². The second-order valence-electron chi connectivity index (χ2n) is 5.39. The number of aliphatic hydroxyl groups is 2.